The Bertz CT molecular complexity index is 388. The molecule has 1 aliphatic rings. The van der Waals surface area contributed by atoms with E-state index in [9.17, 15) is 5.11 Å². The fourth-order valence-electron chi connectivity index (χ4n) is 2.32. The smallest absolute Gasteiger partial charge is 0.113 e. The molecule has 0 unspecified atom stereocenters. The van der Waals surface area contributed by atoms with Gasteiger partial charge in [-0.2, -0.15) is 0 Å². The summed E-state index contributed by atoms with van der Waals surface area (Å²) < 4.78 is 11.6. The molecular weight excluding hydrogens is 240 g/mol. The zero-order valence-electron chi connectivity index (χ0n) is 11.4. The third-order valence-corrected chi connectivity index (χ3v) is 3.32. The number of allylic oxidation sites excluding steroid dienone is 1. The normalized spacial score (nSPS) is 25.6. The molecule has 3 atom stereocenters. The van der Waals surface area contributed by atoms with Gasteiger partial charge in [0.2, 0.25) is 0 Å². The molecule has 1 aliphatic heterocycles. The Morgan fingerprint density at radius 2 is 2.21 bits per heavy atom. The van der Waals surface area contributed by atoms with Crippen LogP contribution in [0.4, 0.5) is 0 Å². The second kappa shape index (κ2) is 7.43. The van der Waals surface area contributed by atoms with E-state index < -0.39 is 6.10 Å². The maximum atomic E-state index is 10.0. The Balaban J connectivity index is 1.95. The Morgan fingerprint density at radius 1 is 1.42 bits per heavy atom. The van der Waals surface area contributed by atoms with Gasteiger partial charge < -0.3 is 14.6 Å². The van der Waals surface area contributed by atoms with E-state index in [1.54, 1.807) is 0 Å². The molecule has 1 N–H and O–H groups in total. The largest absolute Gasteiger partial charge is 0.390 e. The third-order valence-electron chi connectivity index (χ3n) is 3.32. The lowest BCUT2D eigenvalue weighted by Crippen LogP contribution is -2.43. The van der Waals surface area contributed by atoms with E-state index in [-0.39, 0.29) is 12.2 Å². The highest BCUT2D eigenvalue weighted by Gasteiger charge is 2.30. The molecule has 0 aliphatic carbocycles. The molecule has 19 heavy (non-hydrogen) atoms. The van der Waals surface area contributed by atoms with Crippen LogP contribution in [0.1, 0.15) is 25.3 Å². The van der Waals surface area contributed by atoms with Crippen molar-refractivity contribution in [2.24, 2.45) is 0 Å². The van der Waals surface area contributed by atoms with Gasteiger partial charge in [-0.1, -0.05) is 42.5 Å². The van der Waals surface area contributed by atoms with Crippen molar-refractivity contribution in [2.75, 3.05) is 6.61 Å². The van der Waals surface area contributed by atoms with Gasteiger partial charge in [-0.05, 0) is 25.3 Å². The van der Waals surface area contributed by atoms with Crippen LogP contribution in [0.25, 0.3) is 0 Å². The topological polar surface area (TPSA) is 38.7 Å². The number of aliphatic hydroxyl groups excluding tert-OH is 1. The molecule has 1 heterocycles. The minimum Gasteiger partial charge on any atom is -0.390 e. The monoisotopic (exact) mass is 262 g/mol. The molecule has 0 amide bonds. The van der Waals surface area contributed by atoms with Crippen molar-refractivity contribution in [3.8, 4) is 0 Å². The van der Waals surface area contributed by atoms with E-state index in [0.717, 1.165) is 18.4 Å². The summed E-state index contributed by atoms with van der Waals surface area (Å²) in [6, 6.07) is 10.0. The van der Waals surface area contributed by atoms with Crippen LogP contribution in [-0.4, -0.2) is 30.0 Å². The maximum Gasteiger partial charge on any atom is 0.113 e. The van der Waals surface area contributed by atoms with Gasteiger partial charge in [-0.25, -0.2) is 0 Å². The molecule has 1 aromatic carbocycles. The van der Waals surface area contributed by atoms with E-state index in [1.807, 2.05) is 49.4 Å². The molecule has 0 saturated carbocycles. The van der Waals surface area contributed by atoms with Gasteiger partial charge in [0.05, 0.1) is 12.7 Å². The van der Waals surface area contributed by atoms with Crippen LogP contribution in [0, 0.1) is 0 Å². The summed E-state index contributed by atoms with van der Waals surface area (Å²) in [5.41, 5.74) is 1.13. The molecule has 0 bridgehead atoms. The Morgan fingerprint density at radius 3 is 2.89 bits per heavy atom. The first kappa shape index (κ1) is 14.3. The predicted molar refractivity (Wildman–Crippen MR) is 74.8 cm³/mol. The van der Waals surface area contributed by atoms with Crippen LogP contribution in [0.5, 0.6) is 0 Å². The van der Waals surface area contributed by atoms with Crippen LogP contribution >= 0.6 is 0 Å². The van der Waals surface area contributed by atoms with E-state index in [4.69, 9.17) is 9.47 Å². The minimum atomic E-state index is -0.439. The summed E-state index contributed by atoms with van der Waals surface area (Å²) in [4.78, 5) is 0. The molecule has 104 valence electrons. The van der Waals surface area contributed by atoms with Gasteiger partial charge in [0, 0.05) is 6.61 Å². The molecule has 0 radical (unpaired) electrons. The second-order valence-electron chi connectivity index (χ2n) is 4.83. The van der Waals surface area contributed by atoms with Gasteiger partial charge in [0.25, 0.3) is 0 Å². The zero-order chi connectivity index (χ0) is 13.5. The van der Waals surface area contributed by atoms with Crippen molar-refractivity contribution in [3.05, 3.63) is 48.0 Å². The van der Waals surface area contributed by atoms with Crippen molar-refractivity contribution in [2.45, 2.75) is 44.7 Å². The number of aliphatic hydroxyl groups is 1. The zero-order valence-corrected chi connectivity index (χ0v) is 11.4. The van der Waals surface area contributed by atoms with Gasteiger partial charge >= 0.3 is 0 Å². The van der Waals surface area contributed by atoms with E-state index >= 15 is 0 Å². The van der Waals surface area contributed by atoms with E-state index in [0.29, 0.717) is 13.2 Å². The lowest BCUT2D eigenvalue weighted by Gasteiger charge is -2.32. The Hall–Kier alpha value is -1.16. The van der Waals surface area contributed by atoms with Crippen LogP contribution in [0.2, 0.25) is 0 Å². The first-order valence-corrected chi connectivity index (χ1v) is 6.89. The van der Waals surface area contributed by atoms with Gasteiger partial charge in [-0.3, -0.25) is 0 Å². The summed E-state index contributed by atoms with van der Waals surface area (Å²) in [6.45, 7) is 3.18. The van der Waals surface area contributed by atoms with Gasteiger partial charge in [0.15, 0.2) is 0 Å². The lowest BCUT2D eigenvalue weighted by atomic mass is 10.0. The Kier molecular flexibility index (Phi) is 5.58. The summed E-state index contributed by atoms with van der Waals surface area (Å²) >= 11 is 0. The highest BCUT2D eigenvalue weighted by atomic mass is 16.5. The average molecular weight is 262 g/mol. The molecule has 1 fully saturated rings. The molecule has 0 spiro atoms. The molecule has 3 heteroatoms. The number of ether oxygens (including phenoxy) is 2. The summed E-state index contributed by atoms with van der Waals surface area (Å²) in [5.74, 6) is 0. The number of hydrogen-bond acceptors (Lipinski definition) is 3. The molecule has 2 rings (SSSR count). The number of hydrogen-bond donors (Lipinski definition) is 1. The predicted octanol–water partition coefficient (Wildman–Crippen LogP) is 2.69. The van der Waals surface area contributed by atoms with Gasteiger partial charge in [-0.15, -0.1) is 0 Å². The summed E-state index contributed by atoms with van der Waals surface area (Å²) in [6.07, 6.45) is 4.72. The fourth-order valence-corrected chi connectivity index (χ4v) is 2.32. The van der Waals surface area contributed by atoms with Crippen molar-refractivity contribution >= 4 is 0 Å². The Labute approximate surface area is 114 Å². The quantitative estimate of drug-likeness (QED) is 0.829. The molecule has 1 saturated heterocycles. The van der Waals surface area contributed by atoms with Crippen molar-refractivity contribution in [1.29, 1.82) is 0 Å². The van der Waals surface area contributed by atoms with Crippen LogP contribution in [0.15, 0.2) is 42.5 Å². The first-order valence-electron chi connectivity index (χ1n) is 6.89. The third kappa shape index (κ3) is 4.16. The van der Waals surface area contributed by atoms with Gasteiger partial charge in [0.1, 0.15) is 12.2 Å². The highest BCUT2D eigenvalue weighted by Crippen LogP contribution is 2.20. The van der Waals surface area contributed by atoms with Crippen LogP contribution in [-0.2, 0) is 16.1 Å². The van der Waals surface area contributed by atoms with Crippen molar-refractivity contribution in [1.82, 2.24) is 0 Å². The lowest BCUT2D eigenvalue weighted by molar-refractivity contribution is -0.133. The van der Waals surface area contributed by atoms with Crippen LogP contribution in [0.3, 0.4) is 0 Å². The molecule has 3 nitrogen and oxygen atoms in total. The molecular formula is C16H22O3. The fraction of sp³-hybridized carbons (Fsp3) is 0.500. The first-order chi connectivity index (χ1) is 9.31. The standard InChI is InChI=1S/C16H22O3/c1-2-7-15(16-14(17)10-6-11-18-16)19-12-13-8-4-3-5-9-13/h2-5,7-9,14-17H,6,10-12H2,1H3/b7-2-/t14-,15-,16-/m0/s1. The van der Waals surface area contributed by atoms with Crippen LogP contribution < -0.4 is 0 Å². The maximum absolute atomic E-state index is 10.0. The highest BCUT2D eigenvalue weighted by molar-refractivity contribution is 5.13. The number of benzene rings is 1. The van der Waals surface area contributed by atoms with Crippen molar-refractivity contribution in [3.63, 3.8) is 0 Å². The van der Waals surface area contributed by atoms with Crippen molar-refractivity contribution < 1.29 is 14.6 Å². The SMILES string of the molecule is C/C=C\[C@H](OCc1ccccc1)[C@H]1OCCC[C@@H]1O. The minimum absolute atomic E-state index is 0.194. The molecule has 0 aromatic heterocycles. The molecule has 1 aromatic rings. The summed E-state index contributed by atoms with van der Waals surface area (Å²) in [7, 11) is 0. The second-order valence-corrected chi connectivity index (χ2v) is 4.83. The number of rotatable bonds is 5. The summed E-state index contributed by atoms with van der Waals surface area (Å²) in [5, 5.41) is 10.0. The average Bonchev–Trinajstić information content (AvgIpc) is 2.45. The van der Waals surface area contributed by atoms with E-state index in [1.165, 1.54) is 0 Å². The van der Waals surface area contributed by atoms with E-state index in [2.05, 4.69) is 0 Å².